The van der Waals surface area contributed by atoms with Crippen molar-refractivity contribution in [3.05, 3.63) is 71.8 Å². The van der Waals surface area contributed by atoms with Crippen molar-refractivity contribution in [1.82, 2.24) is 15.3 Å². The van der Waals surface area contributed by atoms with Gasteiger partial charge in [-0.1, -0.05) is 18.2 Å². The van der Waals surface area contributed by atoms with Crippen LogP contribution >= 0.6 is 0 Å². The van der Waals surface area contributed by atoms with Crippen molar-refractivity contribution < 1.29 is 9.53 Å². The summed E-state index contributed by atoms with van der Waals surface area (Å²) in [5, 5.41) is 3.16. The highest BCUT2D eigenvalue weighted by atomic mass is 16.5. The van der Waals surface area contributed by atoms with Gasteiger partial charge in [-0.05, 0) is 68.2 Å². The minimum Gasteiger partial charge on any atom is -0.496 e. The predicted octanol–water partition coefficient (Wildman–Crippen LogP) is 5.10. The molecule has 5 heteroatoms. The van der Waals surface area contributed by atoms with Crippen molar-refractivity contribution in [2.45, 2.75) is 38.5 Å². The fourth-order valence-electron chi connectivity index (χ4n) is 4.50. The number of amides is 1. The summed E-state index contributed by atoms with van der Waals surface area (Å²) in [6, 6.07) is 12.1. The number of aryl methyl sites for hydroxylation is 1. The first-order valence-electron chi connectivity index (χ1n) is 10.7. The summed E-state index contributed by atoms with van der Waals surface area (Å²) in [5.41, 5.74) is 4.92. The van der Waals surface area contributed by atoms with E-state index in [0.29, 0.717) is 17.4 Å². The molecule has 2 aromatic heterocycles. The fraction of sp³-hybridized carbons (Fsp3) is 0.360. The molecule has 0 atom stereocenters. The number of aromatic nitrogens is 2. The molecular formula is C25H29N3O2. The zero-order valence-electron chi connectivity index (χ0n) is 17.7. The average molecular weight is 404 g/mol. The van der Waals surface area contributed by atoms with Crippen LogP contribution in [-0.2, 0) is 0 Å². The summed E-state index contributed by atoms with van der Waals surface area (Å²) in [5.74, 6) is 1.86. The summed E-state index contributed by atoms with van der Waals surface area (Å²) < 4.78 is 5.46. The summed E-state index contributed by atoms with van der Waals surface area (Å²) in [6.45, 7) is 2.77. The highest BCUT2D eigenvalue weighted by Gasteiger charge is 2.24. The molecule has 3 aromatic rings. The summed E-state index contributed by atoms with van der Waals surface area (Å²) in [6.07, 6.45) is 10.1. The Morgan fingerprint density at radius 2 is 1.93 bits per heavy atom. The van der Waals surface area contributed by atoms with E-state index < -0.39 is 0 Å². The van der Waals surface area contributed by atoms with E-state index in [1.165, 1.54) is 18.4 Å². The van der Waals surface area contributed by atoms with E-state index in [0.717, 1.165) is 42.0 Å². The van der Waals surface area contributed by atoms with E-state index in [4.69, 9.17) is 4.74 Å². The molecule has 0 saturated heterocycles. The molecule has 4 rings (SSSR count). The molecule has 5 nitrogen and oxygen atoms in total. The molecular weight excluding hydrogens is 374 g/mol. The molecule has 0 spiro atoms. The molecule has 30 heavy (non-hydrogen) atoms. The molecule has 0 radical (unpaired) electrons. The minimum atomic E-state index is -0.0379. The van der Waals surface area contributed by atoms with E-state index in [1.807, 2.05) is 43.6 Å². The van der Waals surface area contributed by atoms with Gasteiger partial charge in [0.1, 0.15) is 5.75 Å². The van der Waals surface area contributed by atoms with Crippen molar-refractivity contribution in [3.8, 4) is 16.9 Å². The number of hydrogen-bond acceptors (Lipinski definition) is 3. The Morgan fingerprint density at radius 1 is 1.13 bits per heavy atom. The number of carbonyl (C=O) groups excluding carboxylic acids is 1. The van der Waals surface area contributed by atoms with Gasteiger partial charge in [-0.3, -0.25) is 9.78 Å². The van der Waals surface area contributed by atoms with Gasteiger partial charge in [-0.25, -0.2) is 0 Å². The number of pyridine rings is 1. The van der Waals surface area contributed by atoms with Crippen LogP contribution in [0.2, 0.25) is 0 Å². The van der Waals surface area contributed by atoms with Crippen LogP contribution in [0.1, 0.15) is 53.2 Å². The number of para-hydroxylation sites is 1. The van der Waals surface area contributed by atoms with Crippen molar-refractivity contribution in [3.63, 3.8) is 0 Å². The second kappa shape index (κ2) is 9.16. The van der Waals surface area contributed by atoms with Crippen LogP contribution in [0.4, 0.5) is 0 Å². The Morgan fingerprint density at radius 3 is 2.70 bits per heavy atom. The maximum Gasteiger partial charge on any atom is 0.253 e. The number of methoxy groups -OCH3 is 1. The second-order valence-corrected chi connectivity index (χ2v) is 8.14. The number of aromatic amines is 1. The molecule has 2 N–H and O–H groups in total. The number of nitrogens with one attached hydrogen (secondary N) is 2. The first-order valence-corrected chi connectivity index (χ1v) is 10.7. The van der Waals surface area contributed by atoms with Crippen LogP contribution in [0, 0.1) is 12.8 Å². The smallest absolute Gasteiger partial charge is 0.253 e. The van der Waals surface area contributed by atoms with Gasteiger partial charge >= 0.3 is 0 Å². The summed E-state index contributed by atoms with van der Waals surface area (Å²) >= 11 is 0. The van der Waals surface area contributed by atoms with Gasteiger partial charge in [-0.2, -0.15) is 0 Å². The van der Waals surface area contributed by atoms with Crippen LogP contribution < -0.4 is 10.1 Å². The monoisotopic (exact) mass is 403 g/mol. The molecule has 1 fully saturated rings. The molecule has 1 aromatic carbocycles. The number of ether oxygens (including phenoxy) is 1. The van der Waals surface area contributed by atoms with Crippen molar-refractivity contribution in [1.29, 1.82) is 0 Å². The topological polar surface area (TPSA) is 67.0 Å². The number of rotatable bonds is 6. The SMILES string of the molecule is COc1ccccc1-c1c[nH]cc1C(=O)NCC1CCC(c2ccnc(C)c2)CC1. The van der Waals surface area contributed by atoms with Gasteiger partial charge < -0.3 is 15.0 Å². The second-order valence-electron chi connectivity index (χ2n) is 8.14. The molecule has 0 unspecified atom stereocenters. The molecule has 1 saturated carbocycles. The Kier molecular flexibility index (Phi) is 6.17. The maximum absolute atomic E-state index is 12.9. The van der Waals surface area contributed by atoms with Gasteiger partial charge in [0.05, 0.1) is 12.7 Å². The van der Waals surface area contributed by atoms with E-state index in [9.17, 15) is 4.79 Å². The van der Waals surface area contributed by atoms with Crippen LogP contribution in [0.15, 0.2) is 55.0 Å². The van der Waals surface area contributed by atoms with Crippen molar-refractivity contribution in [2.24, 2.45) is 5.92 Å². The lowest BCUT2D eigenvalue weighted by Gasteiger charge is -2.29. The Balaban J connectivity index is 1.35. The predicted molar refractivity (Wildman–Crippen MR) is 119 cm³/mol. The van der Waals surface area contributed by atoms with Crippen LogP contribution in [0.5, 0.6) is 5.75 Å². The number of hydrogen-bond donors (Lipinski definition) is 2. The number of nitrogens with zero attached hydrogens (tertiary/aromatic N) is 1. The van der Waals surface area contributed by atoms with Crippen LogP contribution in [0.25, 0.3) is 11.1 Å². The van der Waals surface area contributed by atoms with E-state index in [1.54, 1.807) is 13.3 Å². The third-order valence-electron chi connectivity index (χ3n) is 6.18. The highest BCUT2D eigenvalue weighted by molar-refractivity contribution is 6.01. The molecule has 1 aliphatic rings. The summed E-state index contributed by atoms with van der Waals surface area (Å²) in [7, 11) is 1.65. The zero-order chi connectivity index (χ0) is 20.9. The molecule has 1 amide bonds. The van der Waals surface area contributed by atoms with Crippen LogP contribution in [0.3, 0.4) is 0 Å². The Labute approximate surface area is 177 Å². The average Bonchev–Trinajstić information content (AvgIpc) is 3.27. The molecule has 2 heterocycles. The minimum absolute atomic E-state index is 0.0379. The van der Waals surface area contributed by atoms with Gasteiger partial charge in [0.15, 0.2) is 0 Å². The molecule has 1 aliphatic carbocycles. The van der Waals surface area contributed by atoms with Gasteiger partial charge in [0.25, 0.3) is 5.91 Å². The number of H-pyrrole nitrogens is 1. The fourth-order valence-corrected chi connectivity index (χ4v) is 4.50. The molecule has 0 bridgehead atoms. The highest BCUT2D eigenvalue weighted by Crippen LogP contribution is 2.36. The third-order valence-corrected chi connectivity index (χ3v) is 6.18. The van der Waals surface area contributed by atoms with E-state index in [2.05, 4.69) is 27.4 Å². The Bertz CT molecular complexity index is 1000. The van der Waals surface area contributed by atoms with Gasteiger partial charge in [0, 0.05) is 42.0 Å². The third kappa shape index (κ3) is 4.40. The van der Waals surface area contributed by atoms with E-state index >= 15 is 0 Å². The lowest BCUT2D eigenvalue weighted by molar-refractivity contribution is 0.0943. The Hall–Kier alpha value is -3.08. The van der Waals surface area contributed by atoms with Crippen LogP contribution in [-0.4, -0.2) is 29.5 Å². The lowest BCUT2D eigenvalue weighted by Crippen LogP contribution is -2.31. The largest absolute Gasteiger partial charge is 0.496 e. The van der Waals surface area contributed by atoms with Gasteiger partial charge in [-0.15, -0.1) is 0 Å². The van der Waals surface area contributed by atoms with Crippen molar-refractivity contribution >= 4 is 5.91 Å². The van der Waals surface area contributed by atoms with Crippen molar-refractivity contribution in [2.75, 3.05) is 13.7 Å². The maximum atomic E-state index is 12.9. The first-order chi connectivity index (χ1) is 14.7. The quantitative estimate of drug-likeness (QED) is 0.602. The normalized spacial score (nSPS) is 18.7. The summed E-state index contributed by atoms with van der Waals surface area (Å²) in [4.78, 5) is 20.3. The first kappa shape index (κ1) is 20.2. The number of carbonyl (C=O) groups is 1. The lowest BCUT2D eigenvalue weighted by atomic mass is 9.79. The number of benzene rings is 1. The van der Waals surface area contributed by atoms with Gasteiger partial charge in [0.2, 0.25) is 0 Å². The molecule has 156 valence electrons. The zero-order valence-corrected chi connectivity index (χ0v) is 17.7. The van der Waals surface area contributed by atoms with E-state index in [-0.39, 0.29) is 5.91 Å². The molecule has 0 aliphatic heterocycles. The standard InChI is InChI=1S/C25H29N3O2/c1-17-13-20(11-12-27-17)19-9-7-18(8-10-19)14-28-25(29)23-16-26-15-22(23)21-5-3-4-6-24(21)30-2/h3-6,11-13,15-16,18-19,26H,7-10,14H2,1-2H3,(H,28,29).